The highest BCUT2D eigenvalue weighted by Gasteiger charge is 2.11. The lowest BCUT2D eigenvalue weighted by atomic mass is 10.3. The molecule has 0 aliphatic heterocycles. The van der Waals surface area contributed by atoms with Gasteiger partial charge in [-0.15, -0.1) is 0 Å². The number of aromatic carboxylic acids is 1. The van der Waals surface area contributed by atoms with E-state index < -0.39 is 5.97 Å². The van der Waals surface area contributed by atoms with Gasteiger partial charge in [-0.1, -0.05) is 0 Å². The molecule has 0 saturated heterocycles. The van der Waals surface area contributed by atoms with E-state index in [1.165, 1.54) is 12.4 Å². The lowest BCUT2D eigenvalue weighted by Gasteiger charge is -1.89. The fraction of sp³-hybridized carbons (Fsp3) is 0. The molecule has 0 amide bonds. The molecule has 0 aromatic carbocycles. The zero-order valence-corrected chi connectivity index (χ0v) is 6.91. The summed E-state index contributed by atoms with van der Waals surface area (Å²) in [5.41, 5.74) is 0.462. The van der Waals surface area contributed by atoms with Crippen LogP contribution in [0.3, 0.4) is 0 Å². The molecule has 0 atom stereocenters. The van der Waals surface area contributed by atoms with Crippen molar-refractivity contribution >= 4 is 5.97 Å². The van der Waals surface area contributed by atoms with Crippen LogP contribution in [0, 0.1) is 0 Å². The third-order valence-corrected chi connectivity index (χ3v) is 1.55. The Kier molecular flexibility index (Phi) is 1.94. The third kappa shape index (κ3) is 1.45. The Morgan fingerprint density at radius 2 is 2.29 bits per heavy atom. The van der Waals surface area contributed by atoms with Crippen LogP contribution in [0.5, 0.6) is 0 Å². The van der Waals surface area contributed by atoms with E-state index in [1.807, 2.05) is 0 Å². The van der Waals surface area contributed by atoms with Crippen molar-refractivity contribution in [2.45, 2.75) is 0 Å². The Hall–Kier alpha value is -2.24. The van der Waals surface area contributed by atoms with Gasteiger partial charge in [0.1, 0.15) is 6.26 Å². The molecule has 0 radical (unpaired) electrons. The minimum atomic E-state index is -1.12. The quantitative estimate of drug-likeness (QED) is 0.756. The highest BCUT2D eigenvalue weighted by atomic mass is 16.4. The molecule has 0 aliphatic rings. The number of carboxylic acid groups (broad SMARTS) is 1. The molecule has 70 valence electrons. The van der Waals surface area contributed by atoms with Crippen LogP contribution in [-0.2, 0) is 0 Å². The molecule has 0 unspecified atom stereocenters. The first-order valence-corrected chi connectivity index (χ1v) is 3.73. The van der Waals surface area contributed by atoms with Crippen molar-refractivity contribution in [1.82, 2.24) is 15.2 Å². The van der Waals surface area contributed by atoms with Crippen molar-refractivity contribution in [3.8, 4) is 11.5 Å². The maximum Gasteiger partial charge on any atom is 0.357 e. The number of hydrogen-bond donors (Lipinski definition) is 1. The molecule has 0 aliphatic carbocycles. The van der Waals surface area contributed by atoms with E-state index >= 15 is 0 Å². The first-order chi connectivity index (χ1) is 6.77. The second kappa shape index (κ2) is 3.25. The van der Waals surface area contributed by atoms with E-state index in [-0.39, 0.29) is 11.6 Å². The van der Waals surface area contributed by atoms with Crippen LogP contribution in [-0.4, -0.2) is 26.3 Å². The normalized spacial score (nSPS) is 10.0. The predicted molar refractivity (Wildman–Crippen MR) is 44.5 cm³/mol. The van der Waals surface area contributed by atoms with Gasteiger partial charge in [0.2, 0.25) is 5.89 Å². The third-order valence-electron chi connectivity index (χ3n) is 1.55. The predicted octanol–water partition coefficient (Wildman–Crippen LogP) is 0.830. The summed E-state index contributed by atoms with van der Waals surface area (Å²) >= 11 is 0. The molecule has 6 nitrogen and oxygen atoms in total. The molecular weight excluding hydrogens is 186 g/mol. The highest BCUT2D eigenvalue weighted by molar-refractivity contribution is 5.85. The molecule has 2 heterocycles. The van der Waals surface area contributed by atoms with Crippen molar-refractivity contribution in [3.63, 3.8) is 0 Å². The van der Waals surface area contributed by atoms with E-state index in [1.54, 1.807) is 6.07 Å². The Bertz CT molecular complexity index is 452. The van der Waals surface area contributed by atoms with Gasteiger partial charge in [0.25, 0.3) is 0 Å². The number of rotatable bonds is 2. The number of carbonyl (C=O) groups is 1. The summed E-state index contributed by atoms with van der Waals surface area (Å²) in [5.74, 6) is -0.903. The standard InChI is InChI=1S/C8H5N3O3/c12-8(13)6-4-14-7(11-6)5-1-2-9-10-3-5/h1-4H,(H,12,13). The van der Waals surface area contributed by atoms with Gasteiger partial charge >= 0.3 is 5.97 Å². The van der Waals surface area contributed by atoms with Gasteiger partial charge in [-0.2, -0.15) is 10.2 Å². The SMILES string of the molecule is O=C(O)c1coc(-c2ccnnc2)n1. The van der Waals surface area contributed by atoms with E-state index in [0.717, 1.165) is 6.26 Å². The average Bonchev–Trinajstić information content (AvgIpc) is 2.68. The molecule has 0 bridgehead atoms. The fourth-order valence-electron chi connectivity index (χ4n) is 0.922. The summed E-state index contributed by atoms with van der Waals surface area (Å²) < 4.78 is 4.95. The van der Waals surface area contributed by atoms with Crippen LogP contribution in [0.15, 0.2) is 29.1 Å². The number of carboxylic acids is 1. The lowest BCUT2D eigenvalue weighted by molar-refractivity contribution is 0.0690. The van der Waals surface area contributed by atoms with Crippen LogP contribution in [0.1, 0.15) is 10.5 Å². The second-order valence-electron chi connectivity index (χ2n) is 2.47. The smallest absolute Gasteiger partial charge is 0.357 e. The lowest BCUT2D eigenvalue weighted by Crippen LogP contribution is -1.95. The first kappa shape index (κ1) is 8.36. The molecule has 1 N–H and O–H groups in total. The summed E-state index contributed by atoms with van der Waals surface area (Å²) in [6.07, 6.45) is 4.00. The van der Waals surface area contributed by atoms with Crippen LogP contribution in [0.25, 0.3) is 11.5 Å². The van der Waals surface area contributed by atoms with Crippen molar-refractivity contribution in [3.05, 3.63) is 30.4 Å². The Morgan fingerprint density at radius 3 is 2.86 bits per heavy atom. The monoisotopic (exact) mass is 191 g/mol. The molecule has 0 fully saturated rings. The van der Waals surface area contributed by atoms with E-state index in [0.29, 0.717) is 5.56 Å². The van der Waals surface area contributed by atoms with Crippen LogP contribution < -0.4 is 0 Å². The van der Waals surface area contributed by atoms with Crippen molar-refractivity contribution < 1.29 is 14.3 Å². The van der Waals surface area contributed by atoms with Crippen molar-refractivity contribution in [1.29, 1.82) is 0 Å². The van der Waals surface area contributed by atoms with E-state index in [9.17, 15) is 4.79 Å². The summed E-state index contributed by atoms with van der Waals surface area (Å²) in [4.78, 5) is 14.2. The Morgan fingerprint density at radius 1 is 1.43 bits per heavy atom. The summed E-state index contributed by atoms with van der Waals surface area (Å²) in [7, 11) is 0. The summed E-state index contributed by atoms with van der Waals surface area (Å²) in [5, 5.41) is 15.8. The zero-order valence-electron chi connectivity index (χ0n) is 6.91. The largest absolute Gasteiger partial charge is 0.476 e. The summed E-state index contributed by atoms with van der Waals surface area (Å²) in [6, 6.07) is 1.63. The van der Waals surface area contributed by atoms with E-state index in [4.69, 9.17) is 9.52 Å². The van der Waals surface area contributed by atoms with Gasteiger partial charge in [0.05, 0.1) is 18.0 Å². The topological polar surface area (TPSA) is 89.1 Å². The average molecular weight is 191 g/mol. The number of aromatic nitrogens is 3. The molecule has 2 rings (SSSR count). The van der Waals surface area contributed by atoms with Gasteiger partial charge < -0.3 is 9.52 Å². The van der Waals surface area contributed by atoms with Gasteiger partial charge in [0.15, 0.2) is 5.69 Å². The van der Waals surface area contributed by atoms with Gasteiger partial charge in [0, 0.05) is 0 Å². The molecule has 2 aromatic heterocycles. The maximum atomic E-state index is 10.5. The number of nitrogens with zero attached hydrogens (tertiary/aromatic N) is 3. The first-order valence-electron chi connectivity index (χ1n) is 3.73. The number of hydrogen-bond acceptors (Lipinski definition) is 5. The molecule has 6 heteroatoms. The van der Waals surface area contributed by atoms with Gasteiger partial charge in [-0.3, -0.25) is 0 Å². The molecule has 14 heavy (non-hydrogen) atoms. The van der Waals surface area contributed by atoms with Crippen molar-refractivity contribution in [2.24, 2.45) is 0 Å². The Balaban J connectivity index is 2.39. The van der Waals surface area contributed by atoms with Gasteiger partial charge in [-0.05, 0) is 6.07 Å². The summed E-state index contributed by atoms with van der Waals surface area (Å²) in [6.45, 7) is 0. The molecule has 0 spiro atoms. The highest BCUT2D eigenvalue weighted by Crippen LogP contribution is 2.16. The van der Waals surface area contributed by atoms with Crippen LogP contribution in [0.4, 0.5) is 0 Å². The van der Waals surface area contributed by atoms with E-state index in [2.05, 4.69) is 15.2 Å². The zero-order chi connectivity index (χ0) is 9.97. The van der Waals surface area contributed by atoms with Gasteiger partial charge in [-0.25, -0.2) is 9.78 Å². The fourth-order valence-corrected chi connectivity index (χ4v) is 0.922. The maximum absolute atomic E-state index is 10.5. The van der Waals surface area contributed by atoms with Crippen molar-refractivity contribution in [2.75, 3.05) is 0 Å². The molecular formula is C8H5N3O3. The number of oxazole rings is 1. The minimum Gasteiger partial charge on any atom is -0.476 e. The van der Waals surface area contributed by atoms with Crippen LogP contribution >= 0.6 is 0 Å². The minimum absolute atomic E-state index is 0.128. The molecule has 0 saturated carbocycles. The molecule has 2 aromatic rings. The second-order valence-corrected chi connectivity index (χ2v) is 2.47. The van der Waals surface area contributed by atoms with Crippen LogP contribution in [0.2, 0.25) is 0 Å². The Labute approximate surface area is 78.2 Å².